The molecule has 0 aliphatic carbocycles. The first-order chi connectivity index (χ1) is 12.7. The van der Waals surface area contributed by atoms with Crippen LogP contribution < -0.4 is 9.80 Å². The second-order valence-corrected chi connectivity index (χ2v) is 7.53. The minimum atomic E-state index is 0.657. The van der Waals surface area contributed by atoms with Crippen molar-refractivity contribution in [1.82, 2.24) is 19.5 Å². The highest BCUT2D eigenvalue weighted by Crippen LogP contribution is 2.35. The Morgan fingerprint density at radius 3 is 2.27 bits per heavy atom. The van der Waals surface area contributed by atoms with Crippen molar-refractivity contribution in [1.29, 1.82) is 0 Å². The van der Waals surface area contributed by atoms with Crippen molar-refractivity contribution in [3.05, 3.63) is 42.2 Å². The molecule has 26 heavy (non-hydrogen) atoms. The van der Waals surface area contributed by atoms with Crippen LogP contribution in [0.5, 0.6) is 0 Å². The molecule has 0 N–H and O–H groups in total. The van der Waals surface area contributed by atoms with Gasteiger partial charge in [-0.2, -0.15) is 0 Å². The highest BCUT2D eigenvalue weighted by atomic mass is 15.4. The Labute approximate surface area is 153 Å². The third-order valence-corrected chi connectivity index (χ3v) is 5.92. The second-order valence-electron chi connectivity index (χ2n) is 7.53. The average molecular weight is 348 g/mol. The molecule has 5 rings (SSSR count). The predicted octanol–water partition coefficient (Wildman–Crippen LogP) is 2.50. The largest absolute Gasteiger partial charge is 0.342 e. The van der Waals surface area contributed by atoms with E-state index in [4.69, 9.17) is 4.98 Å². The smallest absolute Gasteiger partial charge is 0.225 e. The number of anilines is 2. The molecule has 0 radical (unpaired) electrons. The van der Waals surface area contributed by atoms with E-state index in [-0.39, 0.29) is 0 Å². The number of benzene rings is 1. The van der Waals surface area contributed by atoms with E-state index < -0.39 is 0 Å². The molecule has 2 unspecified atom stereocenters. The summed E-state index contributed by atoms with van der Waals surface area (Å²) >= 11 is 0. The maximum atomic E-state index is 4.87. The van der Waals surface area contributed by atoms with Gasteiger partial charge in [-0.15, -0.1) is 0 Å². The summed E-state index contributed by atoms with van der Waals surface area (Å²) in [4.78, 5) is 18.8. The van der Waals surface area contributed by atoms with Gasteiger partial charge in [0.2, 0.25) is 11.9 Å². The molecule has 2 aliphatic heterocycles. The third kappa shape index (κ3) is 2.43. The van der Waals surface area contributed by atoms with Crippen molar-refractivity contribution in [2.75, 3.05) is 36.0 Å². The van der Waals surface area contributed by atoms with Crippen LogP contribution in [0.1, 0.15) is 12.5 Å². The standard InChI is InChI=1S/C20H24N6/c1-3-14-8-21-19(22-9-14)25-10-15-12-26(13-16(15)11-25)20-23-17-6-4-5-7-18(17)24(20)2/h4-9,15-16H,3,10-13H2,1-2H3. The molecule has 4 heterocycles. The first kappa shape index (κ1) is 15.6. The summed E-state index contributed by atoms with van der Waals surface area (Å²) in [6, 6.07) is 8.37. The fourth-order valence-corrected chi connectivity index (χ4v) is 4.43. The van der Waals surface area contributed by atoms with Gasteiger partial charge in [-0.3, -0.25) is 0 Å². The van der Waals surface area contributed by atoms with Gasteiger partial charge in [0.1, 0.15) is 0 Å². The van der Waals surface area contributed by atoms with Crippen LogP contribution in [0.3, 0.4) is 0 Å². The van der Waals surface area contributed by atoms with Crippen LogP contribution >= 0.6 is 0 Å². The number of hydrogen-bond donors (Lipinski definition) is 0. The van der Waals surface area contributed by atoms with Crippen LogP contribution in [0.4, 0.5) is 11.9 Å². The molecule has 2 fully saturated rings. The Balaban J connectivity index is 1.32. The zero-order chi connectivity index (χ0) is 17.7. The third-order valence-electron chi connectivity index (χ3n) is 5.92. The van der Waals surface area contributed by atoms with Crippen molar-refractivity contribution >= 4 is 22.9 Å². The molecule has 2 aliphatic rings. The molecule has 2 aromatic heterocycles. The zero-order valence-corrected chi connectivity index (χ0v) is 15.3. The minimum absolute atomic E-state index is 0.657. The van der Waals surface area contributed by atoms with E-state index in [2.05, 4.69) is 62.6 Å². The first-order valence-electron chi connectivity index (χ1n) is 9.45. The number of fused-ring (bicyclic) bond motifs is 2. The van der Waals surface area contributed by atoms with Gasteiger partial charge in [-0.1, -0.05) is 19.1 Å². The van der Waals surface area contributed by atoms with Gasteiger partial charge in [0, 0.05) is 57.5 Å². The molecule has 6 heteroatoms. The maximum absolute atomic E-state index is 4.87. The van der Waals surface area contributed by atoms with Crippen LogP contribution in [0.2, 0.25) is 0 Å². The topological polar surface area (TPSA) is 50.1 Å². The number of nitrogens with zero attached hydrogens (tertiary/aromatic N) is 6. The average Bonchev–Trinajstić information content (AvgIpc) is 3.33. The molecule has 0 spiro atoms. The van der Waals surface area contributed by atoms with Crippen LogP contribution in [-0.4, -0.2) is 45.7 Å². The summed E-state index contributed by atoms with van der Waals surface area (Å²) in [5, 5.41) is 0. The lowest BCUT2D eigenvalue weighted by atomic mass is 10.0. The van der Waals surface area contributed by atoms with Crippen LogP contribution in [0, 0.1) is 11.8 Å². The fraction of sp³-hybridized carbons (Fsp3) is 0.450. The summed E-state index contributed by atoms with van der Waals surface area (Å²) < 4.78 is 2.22. The van der Waals surface area contributed by atoms with E-state index in [0.29, 0.717) is 11.8 Å². The van der Waals surface area contributed by atoms with E-state index >= 15 is 0 Å². The molecule has 0 bridgehead atoms. The van der Waals surface area contributed by atoms with Crippen molar-refractivity contribution in [2.45, 2.75) is 13.3 Å². The van der Waals surface area contributed by atoms with Gasteiger partial charge in [0.25, 0.3) is 0 Å². The Morgan fingerprint density at radius 1 is 0.962 bits per heavy atom. The Bertz CT molecular complexity index is 917. The lowest BCUT2D eigenvalue weighted by molar-refractivity contribution is 0.533. The van der Waals surface area contributed by atoms with E-state index in [1.54, 1.807) is 0 Å². The molecule has 0 saturated carbocycles. The molecule has 3 aromatic rings. The van der Waals surface area contributed by atoms with Gasteiger partial charge in [0.15, 0.2) is 0 Å². The van der Waals surface area contributed by atoms with Crippen molar-refractivity contribution in [3.8, 4) is 0 Å². The van der Waals surface area contributed by atoms with Gasteiger partial charge < -0.3 is 14.4 Å². The number of hydrogen-bond acceptors (Lipinski definition) is 5. The molecule has 1 aromatic carbocycles. The van der Waals surface area contributed by atoms with Crippen molar-refractivity contribution in [3.63, 3.8) is 0 Å². The fourth-order valence-electron chi connectivity index (χ4n) is 4.43. The van der Waals surface area contributed by atoms with Gasteiger partial charge in [-0.05, 0) is 24.1 Å². The van der Waals surface area contributed by atoms with Crippen LogP contribution in [0.25, 0.3) is 11.0 Å². The van der Waals surface area contributed by atoms with E-state index in [0.717, 1.165) is 50.0 Å². The van der Waals surface area contributed by atoms with Gasteiger partial charge in [0.05, 0.1) is 11.0 Å². The molecule has 0 amide bonds. The number of rotatable bonds is 3. The number of para-hydroxylation sites is 2. The lowest BCUT2D eigenvalue weighted by Crippen LogP contribution is -2.30. The highest BCUT2D eigenvalue weighted by molar-refractivity contribution is 5.78. The van der Waals surface area contributed by atoms with E-state index in [9.17, 15) is 0 Å². The molecule has 6 nitrogen and oxygen atoms in total. The maximum Gasteiger partial charge on any atom is 0.225 e. The highest BCUT2D eigenvalue weighted by Gasteiger charge is 2.41. The normalized spacial score (nSPS) is 22.4. The van der Waals surface area contributed by atoms with Gasteiger partial charge in [-0.25, -0.2) is 15.0 Å². The number of imidazole rings is 1. The minimum Gasteiger partial charge on any atom is -0.342 e. The Morgan fingerprint density at radius 2 is 1.62 bits per heavy atom. The lowest BCUT2D eigenvalue weighted by Gasteiger charge is -2.22. The second kappa shape index (κ2) is 5.97. The molecule has 2 atom stereocenters. The summed E-state index contributed by atoms with van der Waals surface area (Å²) in [7, 11) is 2.12. The van der Waals surface area contributed by atoms with Gasteiger partial charge >= 0.3 is 0 Å². The monoisotopic (exact) mass is 348 g/mol. The number of aromatic nitrogens is 4. The Kier molecular flexibility index (Phi) is 3.58. The summed E-state index contributed by atoms with van der Waals surface area (Å²) in [6.45, 7) is 6.33. The first-order valence-corrected chi connectivity index (χ1v) is 9.45. The molecular weight excluding hydrogens is 324 g/mol. The Hall–Kier alpha value is -2.63. The van der Waals surface area contributed by atoms with E-state index in [1.165, 1.54) is 11.1 Å². The van der Waals surface area contributed by atoms with Crippen molar-refractivity contribution in [2.24, 2.45) is 18.9 Å². The molecular formula is C20H24N6. The quantitative estimate of drug-likeness (QED) is 0.728. The SMILES string of the molecule is CCc1cnc(N2CC3CN(c4nc5ccccc5n4C)CC3C2)nc1. The summed E-state index contributed by atoms with van der Waals surface area (Å²) in [5.41, 5.74) is 3.47. The predicted molar refractivity (Wildman–Crippen MR) is 104 cm³/mol. The van der Waals surface area contributed by atoms with Crippen LogP contribution in [0.15, 0.2) is 36.7 Å². The zero-order valence-electron chi connectivity index (χ0n) is 15.3. The van der Waals surface area contributed by atoms with Crippen molar-refractivity contribution < 1.29 is 0 Å². The summed E-state index contributed by atoms with van der Waals surface area (Å²) in [5.74, 6) is 3.29. The molecule has 2 saturated heterocycles. The number of aryl methyl sites for hydroxylation is 2. The summed E-state index contributed by atoms with van der Waals surface area (Å²) in [6.07, 6.45) is 4.91. The molecule has 134 valence electrons. The van der Waals surface area contributed by atoms with E-state index in [1.807, 2.05) is 12.4 Å². The van der Waals surface area contributed by atoms with Crippen LogP contribution in [-0.2, 0) is 13.5 Å².